The van der Waals surface area contributed by atoms with Crippen molar-refractivity contribution in [2.45, 2.75) is 25.1 Å². The number of aromatic nitrogens is 1. The lowest BCUT2D eigenvalue weighted by atomic mass is 10.1. The first-order valence-corrected chi connectivity index (χ1v) is 7.35. The number of nitrogens with one attached hydrogen (secondary N) is 1. The van der Waals surface area contributed by atoms with Crippen molar-refractivity contribution in [2.75, 3.05) is 41.3 Å². The van der Waals surface area contributed by atoms with Crippen LogP contribution in [0, 0.1) is 5.92 Å². The second kappa shape index (κ2) is 4.42. The molecule has 0 aromatic carbocycles. The van der Waals surface area contributed by atoms with E-state index in [0.717, 1.165) is 31.0 Å². The number of anilines is 3. The van der Waals surface area contributed by atoms with Crippen LogP contribution in [0.5, 0.6) is 0 Å². The van der Waals surface area contributed by atoms with Crippen molar-refractivity contribution in [2.24, 2.45) is 5.92 Å². The Morgan fingerprint density at radius 2 is 1.90 bits per heavy atom. The van der Waals surface area contributed by atoms with Crippen LogP contribution in [0.3, 0.4) is 0 Å². The first-order valence-electron chi connectivity index (χ1n) is 7.35. The Hall–Kier alpha value is -1.66. The number of pyridine rings is 1. The Bertz CT molecular complexity index is 560. The second-order valence-electron chi connectivity index (χ2n) is 6.09. The summed E-state index contributed by atoms with van der Waals surface area (Å²) in [6, 6.07) is 4.24. The predicted molar refractivity (Wildman–Crippen MR) is 74.9 cm³/mol. The van der Waals surface area contributed by atoms with E-state index >= 15 is 0 Å². The largest absolute Gasteiger partial charge is 0.393 e. The fourth-order valence-corrected chi connectivity index (χ4v) is 3.50. The van der Waals surface area contributed by atoms with Gasteiger partial charge in [0.25, 0.3) is 0 Å². The van der Waals surface area contributed by atoms with Gasteiger partial charge in [0.2, 0.25) is 0 Å². The Labute approximate surface area is 120 Å². The number of rotatable bonds is 1. The Morgan fingerprint density at radius 1 is 1.10 bits per heavy atom. The van der Waals surface area contributed by atoms with Crippen molar-refractivity contribution in [1.82, 2.24) is 4.98 Å². The highest BCUT2D eigenvalue weighted by atomic mass is 19.4. The molecule has 0 spiro atoms. The summed E-state index contributed by atoms with van der Waals surface area (Å²) in [5.41, 5.74) is 1.07. The average molecular weight is 298 g/mol. The lowest BCUT2D eigenvalue weighted by Crippen LogP contribution is -2.33. The van der Waals surface area contributed by atoms with Gasteiger partial charge in [-0.25, -0.2) is 4.98 Å². The molecule has 2 fully saturated rings. The highest BCUT2D eigenvalue weighted by molar-refractivity contribution is 5.72. The van der Waals surface area contributed by atoms with Crippen LogP contribution in [0.1, 0.15) is 12.8 Å². The van der Waals surface area contributed by atoms with E-state index in [1.165, 1.54) is 0 Å². The van der Waals surface area contributed by atoms with Gasteiger partial charge in [-0.05, 0) is 25.0 Å². The van der Waals surface area contributed by atoms with E-state index in [4.69, 9.17) is 0 Å². The van der Waals surface area contributed by atoms with Crippen LogP contribution in [0.25, 0.3) is 0 Å². The molecule has 3 aliphatic heterocycles. The number of hydrogen-bond donors (Lipinski definition) is 1. The molecule has 7 heteroatoms. The minimum absolute atomic E-state index is 0.0163. The normalized spacial score (nSPS) is 27.8. The van der Waals surface area contributed by atoms with Crippen LogP contribution >= 0.6 is 0 Å². The van der Waals surface area contributed by atoms with Gasteiger partial charge < -0.3 is 15.1 Å². The van der Waals surface area contributed by atoms with Gasteiger partial charge in [-0.1, -0.05) is 0 Å². The smallest absolute Gasteiger partial charge is 0.366 e. The van der Waals surface area contributed by atoms with E-state index in [1.807, 2.05) is 12.1 Å². The maximum absolute atomic E-state index is 12.8. The summed E-state index contributed by atoms with van der Waals surface area (Å²) >= 11 is 0. The maximum Gasteiger partial charge on any atom is 0.393 e. The molecule has 4 heterocycles. The number of alkyl halides is 3. The zero-order chi connectivity index (χ0) is 14.6. The molecule has 0 saturated carbocycles. The number of halogens is 3. The van der Waals surface area contributed by atoms with Crippen molar-refractivity contribution < 1.29 is 13.2 Å². The topological polar surface area (TPSA) is 31.4 Å². The van der Waals surface area contributed by atoms with Gasteiger partial charge in [-0.2, -0.15) is 13.2 Å². The van der Waals surface area contributed by atoms with Gasteiger partial charge in [0.1, 0.15) is 5.82 Å². The van der Waals surface area contributed by atoms with E-state index in [1.54, 1.807) is 4.90 Å². The second-order valence-corrected chi connectivity index (χ2v) is 6.09. The zero-order valence-electron chi connectivity index (χ0n) is 11.5. The van der Waals surface area contributed by atoms with Crippen LogP contribution < -0.4 is 15.1 Å². The Kier molecular flexibility index (Phi) is 2.74. The third-order valence-corrected chi connectivity index (χ3v) is 4.70. The fourth-order valence-electron chi connectivity index (χ4n) is 3.50. The molecule has 2 bridgehead atoms. The molecule has 0 radical (unpaired) electrons. The first kappa shape index (κ1) is 13.0. The Balaban J connectivity index is 1.56. The molecule has 114 valence electrons. The highest BCUT2D eigenvalue weighted by Crippen LogP contribution is 2.38. The van der Waals surface area contributed by atoms with Crippen molar-refractivity contribution in [3.63, 3.8) is 0 Å². The molecule has 2 unspecified atom stereocenters. The van der Waals surface area contributed by atoms with Crippen LogP contribution in [0.15, 0.2) is 12.1 Å². The van der Waals surface area contributed by atoms with Gasteiger partial charge >= 0.3 is 6.18 Å². The van der Waals surface area contributed by atoms with Gasteiger partial charge in [-0.3, -0.25) is 0 Å². The third kappa shape index (κ3) is 2.18. The number of nitrogens with zero attached hydrogens (tertiary/aromatic N) is 3. The fraction of sp³-hybridized carbons (Fsp3) is 0.643. The standard InChI is InChI=1S/C14H17F3N4/c15-14(16,17)9-3-5-21(7-9)12-2-1-11-13(19-12)18-10-4-6-20(11)8-10/h1-2,9-10H,3-8H2,(H,18,19). The molecule has 1 aromatic heterocycles. The van der Waals surface area contributed by atoms with Crippen LogP contribution in [-0.4, -0.2) is 43.4 Å². The maximum atomic E-state index is 12.8. The molecule has 21 heavy (non-hydrogen) atoms. The highest BCUT2D eigenvalue weighted by Gasteiger charge is 2.44. The summed E-state index contributed by atoms with van der Waals surface area (Å²) < 4.78 is 38.3. The van der Waals surface area contributed by atoms with E-state index in [9.17, 15) is 13.2 Å². The van der Waals surface area contributed by atoms with Gasteiger partial charge in [0, 0.05) is 32.2 Å². The van der Waals surface area contributed by atoms with Crippen molar-refractivity contribution >= 4 is 17.3 Å². The average Bonchev–Trinajstić information content (AvgIpc) is 3.05. The van der Waals surface area contributed by atoms with Gasteiger partial charge in [0.05, 0.1) is 11.6 Å². The van der Waals surface area contributed by atoms with Crippen molar-refractivity contribution in [1.29, 1.82) is 0 Å². The molecule has 2 atom stereocenters. The summed E-state index contributed by atoms with van der Waals surface area (Å²) in [6.45, 7) is 2.45. The molecular formula is C14H17F3N4. The summed E-state index contributed by atoms with van der Waals surface area (Å²) in [7, 11) is 0. The lowest BCUT2D eigenvalue weighted by molar-refractivity contribution is -0.168. The van der Waals surface area contributed by atoms with Gasteiger partial charge in [0.15, 0.2) is 5.82 Å². The van der Waals surface area contributed by atoms with Gasteiger partial charge in [-0.15, -0.1) is 0 Å². The Morgan fingerprint density at radius 3 is 2.67 bits per heavy atom. The molecule has 2 saturated heterocycles. The number of fused-ring (bicyclic) bond motifs is 4. The molecule has 0 amide bonds. The molecule has 3 aliphatic rings. The molecule has 4 rings (SSSR count). The van der Waals surface area contributed by atoms with E-state index in [-0.39, 0.29) is 13.0 Å². The summed E-state index contributed by atoms with van der Waals surface area (Å²) in [5.74, 6) is 0.232. The minimum atomic E-state index is -4.11. The molecule has 1 N–H and O–H groups in total. The zero-order valence-corrected chi connectivity index (χ0v) is 11.5. The van der Waals surface area contributed by atoms with Crippen LogP contribution in [0.4, 0.5) is 30.5 Å². The minimum Gasteiger partial charge on any atom is -0.366 e. The molecule has 4 nitrogen and oxygen atoms in total. The van der Waals surface area contributed by atoms with E-state index < -0.39 is 12.1 Å². The van der Waals surface area contributed by atoms with Crippen LogP contribution in [-0.2, 0) is 0 Å². The third-order valence-electron chi connectivity index (χ3n) is 4.70. The quantitative estimate of drug-likeness (QED) is 0.863. The van der Waals surface area contributed by atoms with Crippen LogP contribution in [0.2, 0.25) is 0 Å². The van der Waals surface area contributed by atoms with E-state index in [0.29, 0.717) is 18.4 Å². The van der Waals surface area contributed by atoms with Crippen molar-refractivity contribution in [3.8, 4) is 0 Å². The monoisotopic (exact) mass is 298 g/mol. The summed E-state index contributed by atoms with van der Waals surface area (Å²) in [5, 5.41) is 3.39. The molecule has 1 aromatic rings. The predicted octanol–water partition coefficient (Wildman–Crippen LogP) is 2.47. The van der Waals surface area contributed by atoms with Crippen molar-refractivity contribution in [3.05, 3.63) is 12.1 Å². The molecular weight excluding hydrogens is 281 g/mol. The lowest BCUT2D eigenvalue weighted by Gasteiger charge is -2.29. The SMILES string of the molecule is FC(F)(F)C1CCN(c2ccc3c(n2)NC2CCN3C2)C1. The first-order chi connectivity index (χ1) is 10.0. The van der Waals surface area contributed by atoms with E-state index in [2.05, 4.69) is 15.2 Å². The molecule has 0 aliphatic carbocycles. The summed E-state index contributed by atoms with van der Waals surface area (Å²) in [4.78, 5) is 8.59. The number of hydrogen-bond acceptors (Lipinski definition) is 4. The summed E-state index contributed by atoms with van der Waals surface area (Å²) in [6.07, 6.45) is -2.86.